The lowest BCUT2D eigenvalue weighted by molar-refractivity contribution is -0.121. The number of rotatable bonds is 6. The maximum Gasteiger partial charge on any atom is 0.409 e. The molecular formula is C18H25F2N3O3. The molecule has 2 amide bonds. The molecule has 0 aromatic heterocycles. The van der Waals surface area contributed by atoms with Crippen molar-refractivity contribution in [2.24, 2.45) is 0 Å². The topological polar surface area (TPSA) is 70.7 Å². The van der Waals surface area contributed by atoms with E-state index in [-0.39, 0.29) is 24.6 Å². The first kappa shape index (κ1) is 20.1. The number of nitrogens with one attached hydrogen (secondary N) is 2. The molecule has 0 radical (unpaired) electrons. The van der Waals surface area contributed by atoms with Crippen LogP contribution in [-0.2, 0) is 9.53 Å². The summed E-state index contributed by atoms with van der Waals surface area (Å²) in [5.74, 6) is -1.48. The highest BCUT2D eigenvalue weighted by Crippen LogP contribution is 2.17. The van der Waals surface area contributed by atoms with Crippen LogP contribution in [0.15, 0.2) is 18.2 Å². The molecule has 0 saturated carbocycles. The summed E-state index contributed by atoms with van der Waals surface area (Å²) in [6.45, 7) is 4.91. The summed E-state index contributed by atoms with van der Waals surface area (Å²) in [5, 5.41) is 5.84. The second-order valence-electron chi connectivity index (χ2n) is 6.30. The molecule has 1 aliphatic heterocycles. The number of amides is 2. The molecule has 1 fully saturated rings. The minimum absolute atomic E-state index is 0.00663. The number of hydrogen-bond donors (Lipinski definition) is 2. The van der Waals surface area contributed by atoms with Crippen LogP contribution < -0.4 is 10.6 Å². The average molecular weight is 369 g/mol. The molecule has 0 unspecified atom stereocenters. The van der Waals surface area contributed by atoms with E-state index in [1.807, 2.05) is 0 Å². The second-order valence-corrected chi connectivity index (χ2v) is 6.30. The van der Waals surface area contributed by atoms with Crippen molar-refractivity contribution in [1.82, 2.24) is 15.5 Å². The van der Waals surface area contributed by atoms with E-state index in [1.54, 1.807) is 18.7 Å². The number of nitrogens with zero attached hydrogens (tertiary/aromatic N) is 1. The molecule has 0 spiro atoms. The minimum atomic E-state index is -0.642. The van der Waals surface area contributed by atoms with E-state index in [4.69, 9.17) is 4.74 Å². The molecule has 0 bridgehead atoms. The summed E-state index contributed by atoms with van der Waals surface area (Å²) in [7, 11) is 0. The van der Waals surface area contributed by atoms with Crippen LogP contribution in [0.3, 0.4) is 0 Å². The van der Waals surface area contributed by atoms with Crippen molar-refractivity contribution in [2.45, 2.75) is 38.8 Å². The number of piperidine rings is 1. The Kier molecular flexibility index (Phi) is 7.32. The smallest absolute Gasteiger partial charge is 0.409 e. The van der Waals surface area contributed by atoms with Gasteiger partial charge in [-0.05, 0) is 32.8 Å². The van der Waals surface area contributed by atoms with Crippen molar-refractivity contribution in [3.63, 3.8) is 0 Å². The lowest BCUT2D eigenvalue weighted by Crippen LogP contribution is -2.48. The highest BCUT2D eigenvalue weighted by molar-refractivity contribution is 5.78. The molecule has 0 aliphatic carbocycles. The Balaban J connectivity index is 1.73. The predicted octanol–water partition coefficient (Wildman–Crippen LogP) is 2.35. The van der Waals surface area contributed by atoms with Gasteiger partial charge in [-0.3, -0.25) is 4.79 Å². The van der Waals surface area contributed by atoms with Gasteiger partial charge in [0.05, 0.1) is 13.2 Å². The first-order valence-corrected chi connectivity index (χ1v) is 8.80. The molecule has 26 heavy (non-hydrogen) atoms. The van der Waals surface area contributed by atoms with Gasteiger partial charge in [0, 0.05) is 36.8 Å². The third kappa shape index (κ3) is 5.66. The van der Waals surface area contributed by atoms with Gasteiger partial charge in [0.25, 0.3) is 0 Å². The van der Waals surface area contributed by atoms with Crippen molar-refractivity contribution in [2.75, 3.05) is 26.2 Å². The summed E-state index contributed by atoms with van der Waals surface area (Å²) in [5.41, 5.74) is 0.307. The quantitative estimate of drug-likeness (QED) is 0.808. The maximum absolute atomic E-state index is 13.7. The van der Waals surface area contributed by atoms with E-state index in [1.165, 1.54) is 12.1 Å². The summed E-state index contributed by atoms with van der Waals surface area (Å²) in [6, 6.07) is 2.95. The number of likely N-dealkylation sites (tertiary alicyclic amines) is 1. The Morgan fingerprint density at radius 2 is 2.00 bits per heavy atom. The van der Waals surface area contributed by atoms with Crippen molar-refractivity contribution in [3.05, 3.63) is 35.4 Å². The second kappa shape index (κ2) is 9.47. The normalized spacial score (nSPS) is 16.2. The highest BCUT2D eigenvalue weighted by atomic mass is 19.1. The van der Waals surface area contributed by atoms with Gasteiger partial charge in [0.2, 0.25) is 5.91 Å². The van der Waals surface area contributed by atoms with Crippen molar-refractivity contribution < 1.29 is 23.1 Å². The van der Waals surface area contributed by atoms with Gasteiger partial charge in [0.1, 0.15) is 11.6 Å². The van der Waals surface area contributed by atoms with Crippen LogP contribution >= 0.6 is 0 Å². The van der Waals surface area contributed by atoms with Crippen LogP contribution in [0.2, 0.25) is 0 Å². The molecule has 8 heteroatoms. The SMILES string of the molecule is CCOC(=O)N1CCC(NC(=O)CN[C@@H](C)c2ccc(F)cc2F)CC1. The molecule has 1 aromatic carbocycles. The zero-order valence-electron chi connectivity index (χ0n) is 15.1. The Morgan fingerprint density at radius 1 is 1.31 bits per heavy atom. The van der Waals surface area contributed by atoms with Crippen molar-refractivity contribution in [1.29, 1.82) is 0 Å². The van der Waals surface area contributed by atoms with Crippen LogP contribution in [0, 0.1) is 11.6 Å². The first-order valence-electron chi connectivity index (χ1n) is 8.80. The fourth-order valence-electron chi connectivity index (χ4n) is 2.91. The van der Waals surface area contributed by atoms with E-state index >= 15 is 0 Å². The average Bonchev–Trinajstić information content (AvgIpc) is 2.60. The summed E-state index contributed by atoms with van der Waals surface area (Å²) >= 11 is 0. The van der Waals surface area contributed by atoms with Crippen LogP contribution in [0.5, 0.6) is 0 Å². The van der Waals surface area contributed by atoms with E-state index < -0.39 is 17.7 Å². The van der Waals surface area contributed by atoms with Gasteiger partial charge >= 0.3 is 6.09 Å². The lowest BCUT2D eigenvalue weighted by atomic mass is 10.1. The highest BCUT2D eigenvalue weighted by Gasteiger charge is 2.24. The Labute approximate surface area is 151 Å². The number of ether oxygens (including phenoxy) is 1. The standard InChI is InChI=1S/C18H25F2N3O3/c1-3-26-18(25)23-8-6-14(7-9-23)22-17(24)11-21-12(2)15-5-4-13(19)10-16(15)20/h4-5,10,12,14,21H,3,6-9,11H2,1-2H3,(H,22,24)/t12-/m0/s1. The molecule has 6 nitrogen and oxygen atoms in total. The minimum Gasteiger partial charge on any atom is -0.450 e. The zero-order valence-corrected chi connectivity index (χ0v) is 15.1. The van der Waals surface area contributed by atoms with Crippen LogP contribution in [0.4, 0.5) is 13.6 Å². The monoisotopic (exact) mass is 369 g/mol. The van der Waals surface area contributed by atoms with Gasteiger partial charge in [-0.1, -0.05) is 6.07 Å². The molecule has 144 valence electrons. The van der Waals surface area contributed by atoms with Gasteiger partial charge in [-0.2, -0.15) is 0 Å². The Bertz CT molecular complexity index is 634. The van der Waals surface area contributed by atoms with E-state index in [9.17, 15) is 18.4 Å². The number of carbonyl (C=O) groups excluding carboxylic acids is 2. The van der Waals surface area contributed by atoms with Gasteiger partial charge in [-0.25, -0.2) is 13.6 Å². The maximum atomic E-state index is 13.7. The fraction of sp³-hybridized carbons (Fsp3) is 0.556. The Hall–Kier alpha value is -2.22. The van der Waals surface area contributed by atoms with E-state index in [2.05, 4.69) is 10.6 Å². The van der Waals surface area contributed by atoms with Crippen molar-refractivity contribution in [3.8, 4) is 0 Å². The molecule has 1 saturated heterocycles. The van der Waals surface area contributed by atoms with E-state index in [0.717, 1.165) is 6.07 Å². The first-order chi connectivity index (χ1) is 12.4. The molecule has 2 rings (SSSR count). The molecule has 2 N–H and O–H groups in total. The molecular weight excluding hydrogens is 344 g/mol. The predicted molar refractivity (Wildman–Crippen MR) is 92.5 cm³/mol. The lowest BCUT2D eigenvalue weighted by Gasteiger charge is -2.31. The van der Waals surface area contributed by atoms with Crippen LogP contribution in [-0.4, -0.2) is 49.2 Å². The third-order valence-electron chi connectivity index (χ3n) is 4.38. The number of halogens is 2. The van der Waals surface area contributed by atoms with Gasteiger partial charge in [0.15, 0.2) is 0 Å². The Morgan fingerprint density at radius 3 is 2.62 bits per heavy atom. The van der Waals surface area contributed by atoms with Crippen LogP contribution in [0.25, 0.3) is 0 Å². The summed E-state index contributed by atoms with van der Waals surface area (Å²) in [4.78, 5) is 25.3. The molecule has 1 aromatic rings. The fourth-order valence-corrected chi connectivity index (χ4v) is 2.91. The molecule has 1 atom stereocenters. The van der Waals surface area contributed by atoms with Gasteiger partial charge < -0.3 is 20.3 Å². The summed E-state index contributed by atoms with van der Waals surface area (Å²) < 4.78 is 31.6. The molecule has 1 aliphatic rings. The third-order valence-corrected chi connectivity index (χ3v) is 4.38. The van der Waals surface area contributed by atoms with E-state index in [0.29, 0.717) is 38.1 Å². The largest absolute Gasteiger partial charge is 0.450 e. The van der Waals surface area contributed by atoms with Crippen molar-refractivity contribution >= 4 is 12.0 Å². The molecule has 1 heterocycles. The number of hydrogen-bond acceptors (Lipinski definition) is 4. The number of carbonyl (C=O) groups is 2. The summed E-state index contributed by atoms with van der Waals surface area (Å²) in [6.07, 6.45) is 0.994. The van der Waals surface area contributed by atoms with Gasteiger partial charge in [-0.15, -0.1) is 0 Å². The number of benzene rings is 1. The van der Waals surface area contributed by atoms with Crippen LogP contribution in [0.1, 0.15) is 38.3 Å². The zero-order chi connectivity index (χ0) is 19.1.